The largest absolute Gasteiger partial charge is 0.406 e. The van der Waals surface area contributed by atoms with E-state index in [0.29, 0.717) is 41.5 Å². The quantitative estimate of drug-likeness (QED) is 0.395. The number of allylic oxidation sites excluding steroid dienone is 1. The maximum Gasteiger partial charge on any atom is 0.406 e. The lowest BCUT2D eigenvalue weighted by Crippen LogP contribution is -2.32. The van der Waals surface area contributed by atoms with Crippen molar-refractivity contribution < 1.29 is 21.6 Å². The third-order valence-electron chi connectivity index (χ3n) is 5.94. The highest BCUT2D eigenvalue weighted by atomic mass is 32.2. The van der Waals surface area contributed by atoms with Gasteiger partial charge in [-0.25, -0.2) is 8.42 Å². The molecule has 186 valence electrons. The number of pyridine rings is 1. The van der Waals surface area contributed by atoms with Crippen LogP contribution in [-0.2, 0) is 22.9 Å². The van der Waals surface area contributed by atoms with Gasteiger partial charge >= 0.3 is 6.18 Å². The van der Waals surface area contributed by atoms with E-state index in [9.17, 15) is 21.6 Å². The van der Waals surface area contributed by atoms with Crippen LogP contribution in [0.25, 0.3) is 16.5 Å². The number of nitrogens with zero attached hydrogens (tertiary/aromatic N) is 2. The van der Waals surface area contributed by atoms with Crippen molar-refractivity contribution in [2.45, 2.75) is 38.1 Å². The van der Waals surface area contributed by atoms with Gasteiger partial charge in [-0.15, -0.1) is 0 Å². The Morgan fingerprint density at radius 3 is 2.63 bits per heavy atom. The molecule has 2 aromatic heterocycles. The van der Waals surface area contributed by atoms with Crippen molar-refractivity contribution in [3.8, 4) is 0 Å². The van der Waals surface area contributed by atoms with Gasteiger partial charge in [0, 0.05) is 54.0 Å². The first-order valence-corrected chi connectivity index (χ1v) is 13.0. The first kappa shape index (κ1) is 24.8. The third-order valence-corrected chi connectivity index (χ3v) is 7.65. The van der Waals surface area contributed by atoms with Crippen LogP contribution in [-0.4, -0.2) is 47.9 Å². The van der Waals surface area contributed by atoms with Crippen LogP contribution in [0, 0.1) is 5.41 Å². The molecule has 3 aromatic rings. The predicted octanol–water partition coefficient (Wildman–Crippen LogP) is 4.37. The van der Waals surface area contributed by atoms with Gasteiger partial charge in [-0.1, -0.05) is 12.1 Å². The Kier molecular flexibility index (Phi) is 7.15. The minimum absolute atomic E-state index is 0.0857. The Balaban J connectivity index is 1.68. The molecule has 0 unspecified atom stereocenters. The third kappa shape index (κ3) is 6.21. The maximum absolute atomic E-state index is 13.5. The Morgan fingerprint density at radius 2 is 1.97 bits per heavy atom. The highest BCUT2D eigenvalue weighted by Crippen LogP contribution is 2.33. The van der Waals surface area contributed by atoms with Crippen molar-refractivity contribution in [1.82, 2.24) is 14.9 Å². The molecule has 1 aliphatic heterocycles. The second-order valence-corrected chi connectivity index (χ2v) is 10.8. The summed E-state index contributed by atoms with van der Waals surface area (Å²) in [6, 6.07) is 10.3. The number of nitrogens with one attached hydrogen (secondary N) is 3. The fraction of sp³-hybridized carbons (Fsp3) is 0.333. The molecule has 3 N–H and O–H groups in total. The van der Waals surface area contributed by atoms with E-state index in [-0.39, 0.29) is 23.2 Å². The van der Waals surface area contributed by atoms with Crippen molar-refractivity contribution in [2.75, 3.05) is 16.8 Å². The number of sulfone groups is 1. The number of alkyl halides is 3. The van der Waals surface area contributed by atoms with E-state index in [4.69, 9.17) is 5.41 Å². The molecule has 0 bridgehead atoms. The first-order valence-electron chi connectivity index (χ1n) is 11.1. The number of aromatic nitrogens is 2. The SMILES string of the molecule is N=C/C(=C\NCc1cccnc1)c1cc2c(NC3CCS(=O)(=O)CC3)cccc2n1CC(F)(F)F. The van der Waals surface area contributed by atoms with Crippen molar-refractivity contribution in [1.29, 1.82) is 5.41 Å². The van der Waals surface area contributed by atoms with Gasteiger partial charge in [0.2, 0.25) is 0 Å². The molecule has 1 fully saturated rings. The molecule has 11 heteroatoms. The summed E-state index contributed by atoms with van der Waals surface area (Å²) < 4.78 is 65.2. The number of fused-ring (bicyclic) bond motifs is 1. The standard InChI is InChI=1S/C24H26F3N5O2S/c25-24(26,27)16-32-22-5-1-4-21(31-19-6-9-35(33,34)10-7-19)20(22)11-23(32)18(12-28)15-30-14-17-3-2-8-29-13-17/h1-5,8,11-13,15,19,28,30-31H,6-7,9-10,14,16H2/b18-15+,28-12?. The fourth-order valence-electron chi connectivity index (χ4n) is 4.22. The van der Waals surface area contributed by atoms with E-state index in [1.165, 1.54) is 6.20 Å². The van der Waals surface area contributed by atoms with Crippen LogP contribution in [0.4, 0.5) is 18.9 Å². The Labute approximate surface area is 201 Å². The molecular formula is C24H26F3N5O2S. The van der Waals surface area contributed by atoms with E-state index >= 15 is 0 Å². The zero-order valence-electron chi connectivity index (χ0n) is 18.8. The molecule has 0 amide bonds. The molecule has 1 aromatic carbocycles. The van der Waals surface area contributed by atoms with E-state index in [2.05, 4.69) is 15.6 Å². The summed E-state index contributed by atoms with van der Waals surface area (Å²) in [5.74, 6) is 0.175. The van der Waals surface area contributed by atoms with Crippen molar-refractivity contribution in [2.24, 2.45) is 0 Å². The van der Waals surface area contributed by atoms with Crippen LogP contribution >= 0.6 is 0 Å². The van der Waals surface area contributed by atoms with Crippen molar-refractivity contribution >= 4 is 38.2 Å². The second-order valence-electron chi connectivity index (χ2n) is 8.53. The number of benzene rings is 1. The van der Waals surface area contributed by atoms with Crippen LogP contribution in [0.5, 0.6) is 0 Å². The van der Waals surface area contributed by atoms with Gasteiger partial charge in [-0.2, -0.15) is 13.2 Å². The van der Waals surface area contributed by atoms with Gasteiger partial charge in [-0.05, 0) is 42.7 Å². The summed E-state index contributed by atoms with van der Waals surface area (Å²) in [5, 5.41) is 14.8. The highest BCUT2D eigenvalue weighted by molar-refractivity contribution is 7.91. The minimum Gasteiger partial charge on any atom is -0.386 e. The Morgan fingerprint density at radius 1 is 1.20 bits per heavy atom. The molecule has 1 aliphatic rings. The van der Waals surface area contributed by atoms with Crippen LogP contribution < -0.4 is 10.6 Å². The zero-order chi connectivity index (χ0) is 25.1. The lowest BCUT2D eigenvalue weighted by molar-refractivity contribution is -0.140. The summed E-state index contributed by atoms with van der Waals surface area (Å²) in [6.45, 7) is -0.799. The van der Waals surface area contributed by atoms with Crippen LogP contribution in [0.15, 0.2) is 55.0 Å². The molecule has 1 saturated heterocycles. The molecule has 7 nitrogen and oxygen atoms in total. The predicted molar refractivity (Wildman–Crippen MR) is 131 cm³/mol. The van der Waals surface area contributed by atoms with Gasteiger partial charge in [0.1, 0.15) is 16.4 Å². The molecule has 4 rings (SSSR count). The Bertz CT molecular complexity index is 1320. The molecule has 0 spiro atoms. The van der Waals surface area contributed by atoms with Crippen LogP contribution in [0.2, 0.25) is 0 Å². The average Bonchev–Trinajstić information content (AvgIpc) is 3.16. The number of halogens is 3. The first-order chi connectivity index (χ1) is 16.6. The summed E-state index contributed by atoms with van der Waals surface area (Å²) in [5.41, 5.74) is 2.47. The lowest BCUT2D eigenvalue weighted by atomic mass is 10.1. The van der Waals surface area contributed by atoms with Crippen LogP contribution in [0.1, 0.15) is 24.1 Å². The topological polar surface area (TPSA) is 99.9 Å². The summed E-state index contributed by atoms with van der Waals surface area (Å²) in [6.07, 6.45) is 2.31. The average molecular weight is 506 g/mol. The number of anilines is 1. The summed E-state index contributed by atoms with van der Waals surface area (Å²) >= 11 is 0. The molecule has 0 saturated carbocycles. The molecule has 0 aliphatic carbocycles. The minimum atomic E-state index is -4.46. The van der Waals surface area contributed by atoms with Gasteiger partial charge in [0.25, 0.3) is 0 Å². The van der Waals surface area contributed by atoms with E-state index in [0.717, 1.165) is 16.3 Å². The van der Waals surface area contributed by atoms with E-state index in [1.54, 1.807) is 42.7 Å². The normalized spacial score (nSPS) is 16.8. The van der Waals surface area contributed by atoms with Crippen molar-refractivity contribution in [3.05, 3.63) is 66.2 Å². The zero-order valence-corrected chi connectivity index (χ0v) is 19.7. The number of hydrogen-bond donors (Lipinski definition) is 3. The second kappa shape index (κ2) is 10.1. The maximum atomic E-state index is 13.5. The van der Waals surface area contributed by atoms with Gasteiger partial charge < -0.3 is 20.6 Å². The van der Waals surface area contributed by atoms with E-state index in [1.807, 2.05) is 6.07 Å². The number of rotatable bonds is 8. The highest BCUT2D eigenvalue weighted by Gasteiger charge is 2.31. The lowest BCUT2D eigenvalue weighted by Gasteiger charge is -2.24. The van der Waals surface area contributed by atoms with Crippen molar-refractivity contribution in [3.63, 3.8) is 0 Å². The summed E-state index contributed by atoms with van der Waals surface area (Å²) in [7, 11) is -3.03. The molecular weight excluding hydrogens is 479 g/mol. The van der Waals surface area contributed by atoms with Crippen LogP contribution in [0.3, 0.4) is 0 Å². The molecule has 0 radical (unpaired) electrons. The smallest absolute Gasteiger partial charge is 0.386 e. The fourth-order valence-corrected chi connectivity index (χ4v) is 5.72. The van der Waals surface area contributed by atoms with Gasteiger partial charge in [0.05, 0.1) is 22.7 Å². The van der Waals surface area contributed by atoms with Gasteiger partial charge in [-0.3, -0.25) is 4.98 Å². The van der Waals surface area contributed by atoms with Gasteiger partial charge in [0.15, 0.2) is 0 Å². The number of hydrogen-bond acceptors (Lipinski definition) is 6. The molecule has 3 heterocycles. The monoisotopic (exact) mass is 505 g/mol. The summed E-state index contributed by atoms with van der Waals surface area (Å²) in [4.78, 5) is 4.03. The van der Waals surface area contributed by atoms with E-state index < -0.39 is 22.6 Å². The molecule has 0 atom stereocenters. The molecule has 35 heavy (non-hydrogen) atoms. The Hall–Kier alpha value is -3.34.